The fourth-order valence-corrected chi connectivity index (χ4v) is 2.40. The molecule has 1 aromatic carbocycles. The Kier molecular flexibility index (Phi) is 3.16. The van der Waals surface area contributed by atoms with Crippen molar-refractivity contribution in [3.8, 4) is 0 Å². The van der Waals surface area contributed by atoms with Gasteiger partial charge in [0.05, 0.1) is 23.1 Å². The van der Waals surface area contributed by atoms with Crippen LogP contribution < -0.4 is 0 Å². The van der Waals surface area contributed by atoms with E-state index in [0.29, 0.717) is 13.0 Å². The topological polar surface area (TPSA) is 52.0 Å². The van der Waals surface area contributed by atoms with Gasteiger partial charge in [0.25, 0.3) is 0 Å². The minimum atomic E-state index is -3.39. The van der Waals surface area contributed by atoms with Gasteiger partial charge < -0.3 is 4.57 Å². The molecular weight excluding hydrogens is 248 g/mol. The molecule has 0 aliphatic heterocycles. The number of aryl methyl sites for hydroxylation is 1. The summed E-state index contributed by atoms with van der Waals surface area (Å²) in [5.41, 5.74) is 1.92. The first kappa shape index (κ1) is 11.4. The number of aromatic nitrogens is 2. The Hall–Kier alpha value is -1.07. The van der Waals surface area contributed by atoms with Gasteiger partial charge in [0, 0.05) is 17.2 Å². The number of fused-ring (bicyclic) bond motifs is 1. The van der Waals surface area contributed by atoms with Crippen molar-refractivity contribution < 1.29 is 8.42 Å². The predicted molar refractivity (Wildman–Crippen MR) is 64.0 cm³/mol. The third-order valence-electron chi connectivity index (χ3n) is 2.31. The summed E-state index contributed by atoms with van der Waals surface area (Å²) >= 11 is 0. The quantitative estimate of drug-likeness (QED) is 0.788. The van der Waals surface area contributed by atoms with Gasteiger partial charge in [-0.25, -0.2) is 13.4 Å². The van der Waals surface area contributed by atoms with Crippen LogP contribution in [0.2, 0.25) is 0 Å². The van der Waals surface area contributed by atoms with Crippen LogP contribution in [0.15, 0.2) is 30.6 Å². The molecule has 0 bridgehead atoms. The van der Waals surface area contributed by atoms with E-state index in [9.17, 15) is 8.42 Å². The van der Waals surface area contributed by atoms with Crippen LogP contribution in [0.4, 0.5) is 0 Å². The normalized spacial score (nSPS) is 12.1. The SMILES string of the molecule is O=S(=O)(Cl)CCCn1cnc2ccccc21. The van der Waals surface area contributed by atoms with Crippen molar-refractivity contribution >= 4 is 30.8 Å². The van der Waals surface area contributed by atoms with Crippen molar-refractivity contribution in [1.29, 1.82) is 0 Å². The van der Waals surface area contributed by atoms with Gasteiger partial charge in [-0.1, -0.05) is 12.1 Å². The molecule has 0 fully saturated rings. The van der Waals surface area contributed by atoms with Crippen molar-refractivity contribution in [2.45, 2.75) is 13.0 Å². The maximum Gasteiger partial charge on any atom is 0.232 e. The minimum Gasteiger partial charge on any atom is -0.331 e. The number of nitrogens with zero attached hydrogens (tertiary/aromatic N) is 2. The monoisotopic (exact) mass is 258 g/mol. The van der Waals surface area contributed by atoms with Gasteiger partial charge in [-0.2, -0.15) is 0 Å². The second-order valence-electron chi connectivity index (χ2n) is 3.52. The highest BCUT2D eigenvalue weighted by molar-refractivity contribution is 8.13. The third-order valence-corrected chi connectivity index (χ3v) is 3.55. The van der Waals surface area contributed by atoms with E-state index in [0.717, 1.165) is 11.0 Å². The number of para-hydroxylation sites is 2. The van der Waals surface area contributed by atoms with E-state index >= 15 is 0 Å². The second-order valence-corrected chi connectivity index (χ2v) is 6.42. The highest BCUT2D eigenvalue weighted by atomic mass is 35.7. The number of hydrogen-bond acceptors (Lipinski definition) is 3. The van der Waals surface area contributed by atoms with E-state index in [1.54, 1.807) is 6.33 Å². The molecule has 0 aliphatic rings. The number of rotatable bonds is 4. The lowest BCUT2D eigenvalue weighted by molar-refractivity contribution is 0.601. The maximum atomic E-state index is 10.8. The molecule has 2 aromatic rings. The van der Waals surface area contributed by atoms with Gasteiger partial charge in [-0.3, -0.25) is 0 Å². The average molecular weight is 259 g/mol. The van der Waals surface area contributed by atoms with E-state index in [2.05, 4.69) is 4.98 Å². The van der Waals surface area contributed by atoms with E-state index in [-0.39, 0.29) is 5.75 Å². The van der Waals surface area contributed by atoms with Crippen LogP contribution in [-0.2, 0) is 15.6 Å². The van der Waals surface area contributed by atoms with Crippen molar-refractivity contribution in [3.63, 3.8) is 0 Å². The van der Waals surface area contributed by atoms with E-state index in [1.807, 2.05) is 28.8 Å². The molecule has 1 heterocycles. The molecule has 2 rings (SSSR count). The lowest BCUT2D eigenvalue weighted by Crippen LogP contribution is -2.03. The number of benzene rings is 1. The smallest absolute Gasteiger partial charge is 0.232 e. The molecule has 16 heavy (non-hydrogen) atoms. The summed E-state index contributed by atoms with van der Waals surface area (Å²) in [5.74, 6) is -0.0128. The summed E-state index contributed by atoms with van der Waals surface area (Å²) in [6.45, 7) is 0.604. The molecule has 0 unspecified atom stereocenters. The fraction of sp³-hybridized carbons (Fsp3) is 0.300. The molecule has 86 valence electrons. The maximum absolute atomic E-state index is 10.8. The summed E-state index contributed by atoms with van der Waals surface area (Å²) in [6, 6.07) is 7.73. The Morgan fingerprint density at radius 2 is 2.06 bits per heavy atom. The molecule has 0 atom stereocenters. The standard InChI is InChI=1S/C10H11ClN2O2S/c11-16(14,15)7-3-6-13-8-12-9-4-1-2-5-10(9)13/h1-2,4-5,8H,3,6-7H2. The summed E-state index contributed by atoms with van der Waals surface area (Å²) in [5, 5.41) is 0. The third kappa shape index (κ3) is 2.74. The molecule has 4 nitrogen and oxygen atoms in total. The van der Waals surface area contributed by atoms with E-state index < -0.39 is 9.05 Å². The van der Waals surface area contributed by atoms with Crippen LogP contribution in [-0.4, -0.2) is 23.7 Å². The number of halogens is 1. The van der Waals surface area contributed by atoms with Crippen LogP contribution >= 0.6 is 10.7 Å². The zero-order valence-electron chi connectivity index (χ0n) is 8.51. The molecule has 0 radical (unpaired) electrons. The first-order chi connectivity index (χ1) is 7.56. The van der Waals surface area contributed by atoms with Gasteiger partial charge in [0.15, 0.2) is 0 Å². The molecule has 0 N–H and O–H groups in total. The molecule has 0 saturated heterocycles. The van der Waals surface area contributed by atoms with Gasteiger partial charge in [-0.15, -0.1) is 0 Å². The molecule has 1 aromatic heterocycles. The molecule has 0 saturated carbocycles. The van der Waals surface area contributed by atoms with Gasteiger partial charge >= 0.3 is 0 Å². The predicted octanol–water partition coefficient (Wildman–Crippen LogP) is 2.00. The first-order valence-corrected chi connectivity index (χ1v) is 7.36. The van der Waals surface area contributed by atoms with Crippen molar-refractivity contribution in [1.82, 2.24) is 9.55 Å². The second kappa shape index (κ2) is 4.43. The number of hydrogen-bond donors (Lipinski definition) is 0. The summed E-state index contributed by atoms with van der Waals surface area (Å²) in [4.78, 5) is 4.21. The Balaban J connectivity index is 2.10. The van der Waals surface area contributed by atoms with Crippen molar-refractivity contribution in [2.24, 2.45) is 0 Å². The number of imidazole rings is 1. The Bertz CT molecular complexity index is 592. The Morgan fingerprint density at radius 3 is 2.81 bits per heavy atom. The molecule has 6 heteroatoms. The highest BCUT2D eigenvalue weighted by Crippen LogP contribution is 2.12. The molecule has 0 spiro atoms. The van der Waals surface area contributed by atoms with Crippen molar-refractivity contribution in [2.75, 3.05) is 5.75 Å². The zero-order valence-corrected chi connectivity index (χ0v) is 10.1. The van der Waals surface area contributed by atoms with Crippen LogP contribution in [0.3, 0.4) is 0 Å². The summed E-state index contributed by atoms with van der Waals surface area (Å²) in [7, 11) is 1.75. The van der Waals surface area contributed by atoms with Gasteiger partial charge in [0.2, 0.25) is 9.05 Å². The van der Waals surface area contributed by atoms with Crippen LogP contribution in [0.5, 0.6) is 0 Å². The Morgan fingerprint density at radius 1 is 1.31 bits per heavy atom. The van der Waals surface area contributed by atoms with Gasteiger partial charge in [-0.05, 0) is 18.6 Å². The molecular formula is C10H11ClN2O2S. The van der Waals surface area contributed by atoms with Crippen LogP contribution in [0.1, 0.15) is 6.42 Å². The minimum absolute atomic E-state index is 0.0128. The summed E-state index contributed by atoms with van der Waals surface area (Å²) < 4.78 is 23.5. The largest absolute Gasteiger partial charge is 0.331 e. The van der Waals surface area contributed by atoms with Crippen LogP contribution in [0, 0.1) is 0 Å². The van der Waals surface area contributed by atoms with Crippen molar-refractivity contribution in [3.05, 3.63) is 30.6 Å². The first-order valence-electron chi connectivity index (χ1n) is 4.88. The summed E-state index contributed by atoms with van der Waals surface area (Å²) in [6.07, 6.45) is 2.21. The zero-order chi connectivity index (χ0) is 11.6. The average Bonchev–Trinajstić information content (AvgIpc) is 2.60. The lowest BCUT2D eigenvalue weighted by atomic mass is 10.3. The molecule has 0 aliphatic carbocycles. The highest BCUT2D eigenvalue weighted by Gasteiger charge is 2.06. The van der Waals surface area contributed by atoms with E-state index in [4.69, 9.17) is 10.7 Å². The fourth-order valence-electron chi connectivity index (χ4n) is 1.60. The Labute approximate surface area is 98.3 Å². The lowest BCUT2D eigenvalue weighted by Gasteiger charge is -2.02. The molecule has 0 amide bonds. The van der Waals surface area contributed by atoms with Gasteiger partial charge in [0.1, 0.15) is 0 Å². The van der Waals surface area contributed by atoms with Crippen LogP contribution in [0.25, 0.3) is 11.0 Å². The van der Waals surface area contributed by atoms with E-state index in [1.165, 1.54) is 0 Å².